The van der Waals surface area contributed by atoms with Gasteiger partial charge in [-0.2, -0.15) is 0 Å². The van der Waals surface area contributed by atoms with E-state index >= 15 is 0 Å². The molecule has 0 saturated heterocycles. The summed E-state index contributed by atoms with van der Waals surface area (Å²) in [5.74, 6) is 3.18. The lowest BCUT2D eigenvalue weighted by Gasteiger charge is -2.39. The highest BCUT2D eigenvalue weighted by Crippen LogP contribution is 2.47. The van der Waals surface area contributed by atoms with E-state index < -0.39 is 0 Å². The molecule has 4 N–H and O–H groups in total. The van der Waals surface area contributed by atoms with Gasteiger partial charge in [-0.25, -0.2) is 0 Å². The topological polar surface area (TPSA) is 52.0 Å². The van der Waals surface area contributed by atoms with Crippen molar-refractivity contribution in [2.24, 2.45) is 47.0 Å². The highest BCUT2D eigenvalue weighted by molar-refractivity contribution is 5.55. The lowest BCUT2D eigenvalue weighted by molar-refractivity contribution is 0.315. The van der Waals surface area contributed by atoms with Gasteiger partial charge in [0, 0.05) is 24.9 Å². The van der Waals surface area contributed by atoms with Gasteiger partial charge in [0.1, 0.15) is 0 Å². The summed E-state index contributed by atoms with van der Waals surface area (Å²) in [5, 5.41) is 0. The monoisotopic (exact) mass is 612 g/mol. The lowest BCUT2D eigenvalue weighted by Crippen LogP contribution is -2.28. The van der Waals surface area contributed by atoms with E-state index in [0.717, 1.165) is 25.7 Å². The first-order valence-electron chi connectivity index (χ1n) is 17.9. The summed E-state index contributed by atoms with van der Waals surface area (Å²) in [6.07, 6.45) is 51.7. The molecule has 2 nitrogen and oxygen atoms in total. The van der Waals surface area contributed by atoms with Gasteiger partial charge in [0.05, 0.1) is 0 Å². The van der Waals surface area contributed by atoms with E-state index in [1.54, 1.807) is 5.57 Å². The molecular weight excluding hydrogens is 556 g/mol. The minimum absolute atomic E-state index is 0.358. The van der Waals surface area contributed by atoms with Crippen molar-refractivity contribution >= 4 is 0 Å². The highest BCUT2D eigenvalue weighted by atomic mass is 14.5. The summed E-state index contributed by atoms with van der Waals surface area (Å²) in [5.41, 5.74) is 22.2. The van der Waals surface area contributed by atoms with E-state index in [9.17, 15) is 0 Å². The fourth-order valence-electron chi connectivity index (χ4n) is 8.01. The van der Waals surface area contributed by atoms with Crippen LogP contribution in [0.1, 0.15) is 65.7 Å². The average Bonchev–Trinajstić information content (AvgIpc) is 3.11. The first-order valence-corrected chi connectivity index (χ1v) is 17.9. The number of allylic oxidation sites excluding steroid dienone is 24. The molecule has 0 aliphatic heterocycles. The Morgan fingerprint density at radius 2 is 1.76 bits per heavy atom. The molecular formula is C44H56N2. The van der Waals surface area contributed by atoms with Gasteiger partial charge in [0.25, 0.3) is 0 Å². The molecule has 0 radical (unpaired) electrons. The summed E-state index contributed by atoms with van der Waals surface area (Å²) < 4.78 is 0. The van der Waals surface area contributed by atoms with Gasteiger partial charge < -0.3 is 11.5 Å². The third-order valence-electron chi connectivity index (χ3n) is 10.7. The van der Waals surface area contributed by atoms with Gasteiger partial charge in [0.15, 0.2) is 0 Å². The van der Waals surface area contributed by atoms with E-state index in [4.69, 9.17) is 11.5 Å². The zero-order chi connectivity index (χ0) is 32.3. The summed E-state index contributed by atoms with van der Waals surface area (Å²) in [6.45, 7) is 8.08. The van der Waals surface area contributed by atoms with Crippen LogP contribution < -0.4 is 11.5 Å². The normalized spacial score (nSPS) is 29.0. The number of rotatable bonds is 12. The van der Waals surface area contributed by atoms with Gasteiger partial charge in [-0.15, -0.1) is 0 Å². The average molecular weight is 613 g/mol. The van der Waals surface area contributed by atoms with Crippen LogP contribution >= 0.6 is 0 Å². The van der Waals surface area contributed by atoms with Crippen LogP contribution in [0, 0.1) is 35.5 Å². The van der Waals surface area contributed by atoms with Crippen LogP contribution in [0.3, 0.4) is 0 Å². The quantitative estimate of drug-likeness (QED) is 0.215. The second-order valence-electron chi connectivity index (χ2n) is 13.5. The maximum absolute atomic E-state index is 6.33. The molecule has 5 aliphatic rings. The molecule has 0 spiro atoms. The molecule has 0 aromatic rings. The van der Waals surface area contributed by atoms with Crippen LogP contribution in [-0.4, -0.2) is 13.1 Å². The number of fused-ring (bicyclic) bond motifs is 2. The van der Waals surface area contributed by atoms with Crippen molar-refractivity contribution in [1.82, 2.24) is 0 Å². The van der Waals surface area contributed by atoms with Crippen molar-refractivity contribution in [2.75, 3.05) is 13.1 Å². The van der Waals surface area contributed by atoms with Crippen molar-refractivity contribution in [3.8, 4) is 0 Å². The van der Waals surface area contributed by atoms with Crippen LogP contribution in [0.25, 0.3) is 0 Å². The van der Waals surface area contributed by atoms with E-state index in [1.165, 1.54) is 52.7 Å². The number of nitrogens with two attached hydrogens (primary N) is 2. The first-order chi connectivity index (χ1) is 22.6. The molecule has 0 heterocycles. The van der Waals surface area contributed by atoms with Crippen LogP contribution in [-0.2, 0) is 0 Å². The van der Waals surface area contributed by atoms with Crippen molar-refractivity contribution in [1.29, 1.82) is 0 Å². The SMILES string of the molecule is CC/C(=C\C(C)CC)C1=C2C=CC=CC2C(C2CC=C(C3=C4C=CCCC4C(/C(=C/C=C/C=C/C=C\CN)CN)C=C3)CC2)C=C1. The summed E-state index contributed by atoms with van der Waals surface area (Å²) in [7, 11) is 0. The second kappa shape index (κ2) is 16.9. The molecule has 242 valence electrons. The van der Waals surface area contributed by atoms with Crippen LogP contribution in [0.5, 0.6) is 0 Å². The van der Waals surface area contributed by atoms with E-state index in [-0.39, 0.29) is 0 Å². The van der Waals surface area contributed by atoms with Crippen LogP contribution in [0.15, 0.2) is 154 Å². The molecule has 6 atom stereocenters. The van der Waals surface area contributed by atoms with E-state index in [0.29, 0.717) is 48.6 Å². The maximum Gasteiger partial charge on any atom is 0.0146 e. The Morgan fingerprint density at radius 1 is 0.913 bits per heavy atom. The number of hydrogen-bond donors (Lipinski definition) is 2. The van der Waals surface area contributed by atoms with Crippen molar-refractivity contribution < 1.29 is 0 Å². The standard InChI is InChI=1S/C44H56N2/c1-4-32(3)30-33(5-2)37-25-26-38(42-18-12-11-17-41(37)42)34-21-23-35(24-22-34)39-27-28-40(44-20-14-13-19-43(39)44)36(31-46)16-10-8-6-7-9-15-29-45/h6-13,15-19,23,25-28,30,32,34,38,40,42,44H,4-5,14,20-22,24,29,31,45-46H2,1-3H3/b7-6+,10-8+,15-9-,33-30+,36-16+. The van der Waals surface area contributed by atoms with Crippen molar-refractivity contribution in [3.05, 3.63) is 154 Å². The highest BCUT2D eigenvalue weighted by Gasteiger charge is 2.35. The Bertz CT molecular complexity index is 1490. The molecule has 0 bridgehead atoms. The van der Waals surface area contributed by atoms with Crippen LogP contribution in [0.2, 0.25) is 0 Å². The molecule has 2 heteroatoms. The Labute approximate surface area is 279 Å². The minimum Gasteiger partial charge on any atom is -0.327 e. The van der Waals surface area contributed by atoms with Gasteiger partial charge >= 0.3 is 0 Å². The van der Waals surface area contributed by atoms with Gasteiger partial charge in [-0.05, 0) is 101 Å². The van der Waals surface area contributed by atoms with E-state index in [1.807, 2.05) is 24.3 Å². The Morgan fingerprint density at radius 3 is 2.52 bits per heavy atom. The fraction of sp³-hybridized carbons (Fsp3) is 0.409. The Kier molecular flexibility index (Phi) is 12.5. The summed E-state index contributed by atoms with van der Waals surface area (Å²) >= 11 is 0. The third-order valence-corrected chi connectivity index (χ3v) is 10.7. The predicted molar refractivity (Wildman–Crippen MR) is 200 cm³/mol. The molecule has 0 aromatic carbocycles. The van der Waals surface area contributed by atoms with Gasteiger partial charge in [-0.1, -0.05) is 143 Å². The van der Waals surface area contributed by atoms with Gasteiger partial charge in [0.2, 0.25) is 0 Å². The summed E-state index contributed by atoms with van der Waals surface area (Å²) in [6, 6.07) is 0. The second-order valence-corrected chi connectivity index (χ2v) is 13.5. The molecule has 0 amide bonds. The maximum atomic E-state index is 6.33. The van der Waals surface area contributed by atoms with E-state index in [2.05, 4.69) is 112 Å². The fourth-order valence-corrected chi connectivity index (χ4v) is 8.01. The van der Waals surface area contributed by atoms with Crippen molar-refractivity contribution in [2.45, 2.75) is 65.7 Å². The first kappa shape index (κ1) is 33.9. The minimum atomic E-state index is 0.358. The summed E-state index contributed by atoms with van der Waals surface area (Å²) in [4.78, 5) is 0. The Balaban J connectivity index is 1.32. The molecule has 46 heavy (non-hydrogen) atoms. The largest absolute Gasteiger partial charge is 0.327 e. The molecule has 5 rings (SSSR count). The molecule has 0 aromatic heterocycles. The molecule has 5 aliphatic carbocycles. The molecule has 0 fully saturated rings. The third kappa shape index (κ3) is 7.91. The van der Waals surface area contributed by atoms with Crippen LogP contribution in [0.4, 0.5) is 0 Å². The molecule has 0 saturated carbocycles. The zero-order valence-corrected chi connectivity index (χ0v) is 28.5. The zero-order valence-electron chi connectivity index (χ0n) is 28.5. The van der Waals surface area contributed by atoms with Gasteiger partial charge in [-0.3, -0.25) is 0 Å². The lowest BCUT2D eigenvalue weighted by atomic mass is 9.66. The molecule has 6 unspecified atom stereocenters. The number of hydrogen-bond acceptors (Lipinski definition) is 2. The van der Waals surface area contributed by atoms with Crippen molar-refractivity contribution in [3.63, 3.8) is 0 Å². The smallest absolute Gasteiger partial charge is 0.0146 e. The Hall–Kier alpha value is -3.46. The predicted octanol–water partition coefficient (Wildman–Crippen LogP) is 10.3.